The molecular formula is C21H19BrN2O4S. The molecule has 29 heavy (non-hydrogen) atoms. The number of amides is 1. The molecule has 0 aliphatic rings. The summed E-state index contributed by atoms with van der Waals surface area (Å²) in [5.41, 5.74) is 1.55. The Kier molecular flexibility index (Phi) is 5.84. The van der Waals surface area contributed by atoms with Crippen molar-refractivity contribution in [2.24, 2.45) is 4.99 Å². The minimum absolute atomic E-state index is 0.180. The molecule has 0 aliphatic heterocycles. The Morgan fingerprint density at radius 2 is 2.14 bits per heavy atom. The maximum absolute atomic E-state index is 12.9. The minimum Gasteiger partial charge on any atom is -0.493 e. The van der Waals surface area contributed by atoms with E-state index in [0.717, 1.165) is 20.1 Å². The van der Waals surface area contributed by atoms with Crippen LogP contribution in [0.25, 0.3) is 21.2 Å². The first-order valence-electron chi connectivity index (χ1n) is 9.13. The summed E-state index contributed by atoms with van der Waals surface area (Å²) in [6.07, 6.45) is 0. The quantitative estimate of drug-likeness (QED) is 0.369. The molecule has 0 saturated heterocycles. The van der Waals surface area contributed by atoms with Gasteiger partial charge in [-0.3, -0.25) is 4.79 Å². The van der Waals surface area contributed by atoms with Crippen LogP contribution in [0.5, 0.6) is 5.75 Å². The maximum Gasteiger partial charge on any atom is 0.315 e. The van der Waals surface area contributed by atoms with Crippen LogP contribution < -0.4 is 9.54 Å². The van der Waals surface area contributed by atoms with Crippen LogP contribution in [0.2, 0.25) is 0 Å². The van der Waals surface area contributed by atoms with Gasteiger partial charge in [-0.05, 0) is 37.3 Å². The third-order valence-electron chi connectivity index (χ3n) is 4.44. The summed E-state index contributed by atoms with van der Waals surface area (Å²) in [6, 6.07) is 13.2. The number of aromatic nitrogens is 1. The van der Waals surface area contributed by atoms with E-state index in [1.165, 1.54) is 11.3 Å². The zero-order chi connectivity index (χ0) is 20.4. The number of fused-ring (bicyclic) bond motifs is 2. The topological polar surface area (TPSA) is 66.0 Å². The zero-order valence-electron chi connectivity index (χ0n) is 16.0. The van der Waals surface area contributed by atoms with Gasteiger partial charge in [0.15, 0.2) is 21.9 Å². The average Bonchev–Trinajstić information content (AvgIpc) is 3.29. The van der Waals surface area contributed by atoms with Gasteiger partial charge in [-0.15, -0.1) is 0 Å². The number of benzene rings is 2. The molecule has 4 rings (SSSR count). The van der Waals surface area contributed by atoms with Crippen molar-refractivity contribution in [1.29, 1.82) is 0 Å². The lowest BCUT2D eigenvalue weighted by molar-refractivity contribution is 0.0972. The van der Waals surface area contributed by atoms with Gasteiger partial charge in [0.1, 0.15) is 0 Å². The van der Waals surface area contributed by atoms with Gasteiger partial charge in [-0.1, -0.05) is 39.4 Å². The highest BCUT2D eigenvalue weighted by Crippen LogP contribution is 2.29. The highest BCUT2D eigenvalue weighted by Gasteiger charge is 2.15. The summed E-state index contributed by atoms with van der Waals surface area (Å²) in [7, 11) is 1.57. The predicted molar refractivity (Wildman–Crippen MR) is 117 cm³/mol. The van der Waals surface area contributed by atoms with Crippen LogP contribution in [0.3, 0.4) is 0 Å². The number of ether oxygens (including phenoxy) is 2. The smallest absolute Gasteiger partial charge is 0.315 e. The number of methoxy groups -OCH3 is 1. The van der Waals surface area contributed by atoms with E-state index < -0.39 is 5.91 Å². The lowest BCUT2D eigenvalue weighted by Gasteiger charge is -2.05. The van der Waals surface area contributed by atoms with Gasteiger partial charge >= 0.3 is 5.91 Å². The predicted octanol–water partition coefficient (Wildman–Crippen LogP) is 5.00. The lowest BCUT2D eigenvalue weighted by Crippen LogP contribution is -2.19. The number of furan rings is 1. The number of para-hydroxylation sites is 1. The lowest BCUT2D eigenvalue weighted by atomic mass is 10.2. The van der Waals surface area contributed by atoms with Gasteiger partial charge in [0, 0.05) is 23.0 Å². The van der Waals surface area contributed by atoms with Crippen LogP contribution in [-0.4, -0.2) is 30.8 Å². The fourth-order valence-electron chi connectivity index (χ4n) is 3.09. The summed E-state index contributed by atoms with van der Waals surface area (Å²) in [5.74, 6) is 0.332. The molecule has 0 atom stereocenters. The summed E-state index contributed by atoms with van der Waals surface area (Å²) >= 11 is 4.96. The standard InChI is InChI=1S/C21H19BrN2O4S/c1-3-27-10-9-24-15-8-7-14(22)12-18(15)29-21(24)23-20(25)17-11-13-5-4-6-16(26-2)19(13)28-17/h4-8,11-12H,3,9-10H2,1-2H3. The first kappa shape index (κ1) is 19.9. The van der Waals surface area contributed by atoms with Crippen LogP contribution in [0.4, 0.5) is 0 Å². The van der Waals surface area contributed by atoms with Crippen molar-refractivity contribution in [2.45, 2.75) is 13.5 Å². The van der Waals surface area contributed by atoms with Crippen molar-refractivity contribution in [3.63, 3.8) is 0 Å². The van der Waals surface area contributed by atoms with Crippen LogP contribution in [-0.2, 0) is 11.3 Å². The second kappa shape index (κ2) is 8.52. The van der Waals surface area contributed by atoms with E-state index in [-0.39, 0.29) is 5.76 Å². The molecule has 150 valence electrons. The van der Waals surface area contributed by atoms with Crippen LogP contribution >= 0.6 is 27.3 Å². The molecule has 2 heterocycles. The number of rotatable bonds is 6. The fourth-order valence-corrected chi connectivity index (χ4v) is 4.70. The zero-order valence-corrected chi connectivity index (χ0v) is 18.4. The van der Waals surface area contributed by atoms with Gasteiger partial charge in [0.05, 0.1) is 23.9 Å². The van der Waals surface area contributed by atoms with Gasteiger partial charge in [0.25, 0.3) is 0 Å². The number of carbonyl (C=O) groups is 1. The number of nitrogens with zero attached hydrogens (tertiary/aromatic N) is 2. The molecule has 0 bridgehead atoms. The molecule has 0 N–H and O–H groups in total. The molecule has 0 radical (unpaired) electrons. The number of carbonyl (C=O) groups excluding carboxylic acids is 1. The Balaban J connectivity index is 1.78. The van der Waals surface area contributed by atoms with E-state index >= 15 is 0 Å². The second-order valence-electron chi connectivity index (χ2n) is 6.25. The number of hydrogen-bond donors (Lipinski definition) is 0. The molecule has 2 aromatic heterocycles. The van der Waals surface area contributed by atoms with E-state index in [4.69, 9.17) is 13.9 Å². The molecule has 0 spiro atoms. The fraction of sp³-hybridized carbons (Fsp3) is 0.238. The van der Waals surface area contributed by atoms with Gasteiger partial charge < -0.3 is 18.5 Å². The molecule has 8 heteroatoms. The normalized spacial score (nSPS) is 12.2. The summed E-state index contributed by atoms with van der Waals surface area (Å²) in [6.45, 7) is 3.75. The molecule has 4 aromatic rings. The number of thiazole rings is 1. The minimum atomic E-state index is -0.431. The molecule has 2 aromatic carbocycles. The molecule has 0 saturated carbocycles. The summed E-state index contributed by atoms with van der Waals surface area (Å²) in [4.78, 5) is 17.8. The first-order chi connectivity index (χ1) is 14.1. The Hall–Kier alpha value is -2.42. The largest absolute Gasteiger partial charge is 0.493 e. The molecular weight excluding hydrogens is 456 g/mol. The molecule has 0 unspecified atom stereocenters. The first-order valence-corrected chi connectivity index (χ1v) is 10.7. The van der Waals surface area contributed by atoms with Crippen molar-refractivity contribution in [3.05, 3.63) is 57.5 Å². The van der Waals surface area contributed by atoms with E-state index in [0.29, 0.717) is 35.9 Å². The SMILES string of the molecule is CCOCCn1c(=NC(=O)c2cc3cccc(OC)c3o2)sc2cc(Br)ccc21. The van der Waals surface area contributed by atoms with Gasteiger partial charge in [-0.2, -0.15) is 4.99 Å². The van der Waals surface area contributed by atoms with Crippen molar-refractivity contribution in [1.82, 2.24) is 4.57 Å². The van der Waals surface area contributed by atoms with Crippen molar-refractivity contribution in [3.8, 4) is 5.75 Å². The van der Waals surface area contributed by atoms with Crippen molar-refractivity contribution >= 4 is 54.4 Å². The highest BCUT2D eigenvalue weighted by atomic mass is 79.9. The van der Waals surface area contributed by atoms with Crippen LogP contribution in [0.1, 0.15) is 17.5 Å². The van der Waals surface area contributed by atoms with E-state index in [9.17, 15) is 4.79 Å². The van der Waals surface area contributed by atoms with Crippen LogP contribution in [0.15, 0.2) is 56.3 Å². The Labute approximate surface area is 179 Å². The molecule has 6 nitrogen and oxygen atoms in total. The van der Waals surface area contributed by atoms with Crippen molar-refractivity contribution < 1.29 is 18.7 Å². The molecule has 1 amide bonds. The summed E-state index contributed by atoms with van der Waals surface area (Å²) < 4.78 is 20.6. The van der Waals surface area contributed by atoms with Crippen molar-refractivity contribution in [2.75, 3.05) is 20.3 Å². The van der Waals surface area contributed by atoms with E-state index in [1.54, 1.807) is 19.2 Å². The maximum atomic E-state index is 12.9. The van der Waals surface area contributed by atoms with Gasteiger partial charge in [-0.25, -0.2) is 0 Å². The molecule has 0 fully saturated rings. The number of hydrogen-bond acceptors (Lipinski definition) is 5. The van der Waals surface area contributed by atoms with Gasteiger partial charge in [0.2, 0.25) is 0 Å². The Morgan fingerprint density at radius 3 is 2.93 bits per heavy atom. The second-order valence-corrected chi connectivity index (χ2v) is 8.18. The van der Waals surface area contributed by atoms with E-state index in [2.05, 4.69) is 20.9 Å². The van der Waals surface area contributed by atoms with Crippen LogP contribution in [0, 0.1) is 0 Å². The Morgan fingerprint density at radius 1 is 1.28 bits per heavy atom. The van der Waals surface area contributed by atoms with E-state index in [1.807, 2.05) is 41.8 Å². The average molecular weight is 475 g/mol. The number of halogens is 1. The highest BCUT2D eigenvalue weighted by molar-refractivity contribution is 9.10. The Bertz CT molecular complexity index is 1250. The monoisotopic (exact) mass is 474 g/mol. The third-order valence-corrected chi connectivity index (χ3v) is 5.98. The summed E-state index contributed by atoms with van der Waals surface area (Å²) in [5, 5.41) is 0.799. The molecule has 0 aliphatic carbocycles. The third kappa shape index (κ3) is 4.01.